The van der Waals surface area contributed by atoms with Gasteiger partial charge in [-0.2, -0.15) is 11.8 Å². The molecule has 0 radical (unpaired) electrons. The molecule has 4 nitrogen and oxygen atoms in total. The second kappa shape index (κ2) is 7.01. The van der Waals surface area contributed by atoms with Gasteiger partial charge in [0, 0.05) is 11.8 Å². The first-order valence-corrected chi connectivity index (χ1v) is 8.56. The third kappa shape index (κ3) is 4.19. The molecule has 0 fully saturated rings. The molecule has 1 rings (SSSR count). The standard InChI is InChI=1S/C12H19NO3S2/c1-4-10(9-17-3)13-18(14,15)12-7-5-11(16-2)6-8-12/h5-8,10,13H,4,9H2,1-3H3. The van der Waals surface area contributed by atoms with Crippen LogP contribution in [0.3, 0.4) is 0 Å². The first kappa shape index (κ1) is 15.3. The van der Waals surface area contributed by atoms with Crippen LogP contribution in [0.5, 0.6) is 5.75 Å². The highest BCUT2D eigenvalue weighted by Gasteiger charge is 2.18. The largest absolute Gasteiger partial charge is 0.497 e. The Bertz CT molecular complexity index is 457. The van der Waals surface area contributed by atoms with E-state index < -0.39 is 10.0 Å². The maximum atomic E-state index is 12.1. The molecule has 102 valence electrons. The van der Waals surface area contributed by atoms with Crippen LogP contribution in [-0.4, -0.2) is 33.6 Å². The molecule has 0 amide bonds. The minimum absolute atomic E-state index is 0.0351. The van der Waals surface area contributed by atoms with Crippen molar-refractivity contribution >= 4 is 21.8 Å². The molecule has 1 N–H and O–H groups in total. The first-order chi connectivity index (χ1) is 8.53. The van der Waals surface area contributed by atoms with E-state index in [2.05, 4.69) is 4.72 Å². The molecule has 1 aromatic rings. The average Bonchev–Trinajstić information content (AvgIpc) is 2.38. The van der Waals surface area contributed by atoms with Gasteiger partial charge in [-0.15, -0.1) is 0 Å². The van der Waals surface area contributed by atoms with E-state index in [1.807, 2.05) is 13.2 Å². The Morgan fingerprint density at radius 2 is 1.94 bits per heavy atom. The van der Waals surface area contributed by atoms with Crippen LogP contribution in [0.2, 0.25) is 0 Å². The van der Waals surface area contributed by atoms with Crippen LogP contribution >= 0.6 is 11.8 Å². The summed E-state index contributed by atoms with van der Waals surface area (Å²) in [6.45, 7) is 1.97. The minimum Gasteiger partial charge on any atom is -0.497 e. The van der Waals surface area contributed by atoms with Gasteiger partial charge >= 0.3 is 0 Å². The lowest BCUT2D eigenvalue weighted by atomic mass is 10.3. The van der Waals surface area contributed by atoms with E-state index in [-0.39, 0.29) is 10.9 Å². The van der Waals surface area contributed by atoms with Crippen LogP contribution in [0.15, 0.2) is 29.2 Å². The topological polar surface area (TPSA) is 55.4 Å². The van der Waals surface area contributed by atoms with Gasteiger partial charge in [0.15, 0.2) is 0 Å². The van der Waals surface area contributed by atoms with Gasteiger partial charge in [0.2, 0.25) is 10.0 Å². The summed E-state index contributed by atoms with van der Waals surface area (Å²) in [6.07, 6.45) is 2.74. The number of hydrogen-bond acceptors (Lipinski definition) is 4. The predicted octanol–water partition coefficient (Wildman–Crippen LogP) is 2.12. The maximum Gasteiger partial charge on any atom is 0.240 e. The monoisotopic (exact) mass is 289 g/mol. The van der Waals surface area contributed by atoms with Crippen molar-refractivity contribution in [3.63, 3.8) is 0 Å². The Morgan fingerprint density at radius 3 is 2.39 bits per heavy atom. The summed E-state index contributed by atoms with van der Waals surface area (Å²) in [6, 6.07) is 6.35. The summed E-state index contributed by atoms with van der Waals surface area (Å²) in [5, 5.41) is 0. The highest BCUT2D eigenvalue weighted by molar-refractivity contribution is 7.98. The van der Waals surface area contributed by atoms with Crippen molar-refractivity contribution in [1.29, 1.82) is 0 Å². The molecule has 0 aliphatic rings. The van der Waals surface area contributed by atoms with Crippen molar-refractivity contribution in [2.75, 3.05) is 19.1 Å². The second-order valence-electron chi connectivity index (χ2n) is 3.86. The summed E-state index contributed by atoms with van der Waals surface area (Å²) < 4.78 is 31.9. The number of benzene rings is 1. The summed E-state index contributed by atoms with van der Waals surface area (Å²) in [7, 11) is -1.89. The van der Waals surface area contributed by atoms with Crippen molar-refractivity contribution < 1.29 is 13.2 Å². The maximum absolute atomic E-state index is 12.1. The molecule has 0 aliphatic heterocycles. The molecule has 0 saturated heterocycles. The van der Waals surface area contributed by atoms with Gasteiger partial charge in [0.1, 0.15) is 5.75 Å². The minimum atomic E-state index is -3.44. The van der Waals surface area contributed by atoms with E-state index in [1.165, 1.54) is 0 Å². The Hall–Kier alpha value is -0.720. The Balaban J connectivity index is 2.84. The molecule has 0 aromatic heterocycles. The molecule has 1 unspecified atom stereocenters. The van der Waals surface area contributed by atoms with E-state index >= 15 is 0 Å². The Morgan fingerprint density at radius 1 is 1.33 bits per heavy atom. The molecule has 1 atom stereocenters. The summed E-state index contributed by atoms with van der Waals surface area (Å²) in [4.78, 5) is 0.267. The Kier molecular flexibility index (Phi) is 5.98. The third-order valence-corrected chi connectivity index (χ3v) is 4.82. The molecule has 0 heterocycles. The van der Waals surface area contributed by atoms with Gasteiger partial charge in [-0.25, -0.2) is 13.1 Å². The number of sulfonamides is 1. The van der Waals surface area contributed by atoms with E-state index in [0.717, 1.165) is 12.2 Å². The van der Waals surface area contributed by atoms with Crippen LogP contribution in [0.1, 0.15) is 13.3 Å². The number of thioether (sulfide) groups is 1. The third-order valence-electron chi connectivity index (χ3n) is 2.55. The molecular weight excluding hydrogens is 270 g/mol. The lowest BCUT2D eigenvalue weighted by molar-refractivity contribution is 0.414. The summed E-state index contributed by atoms with van der Waals surface area (Å²) in [5.41, 5.74) is 0. The normalized spacial score (nSPS) is 13.3. The second-order valence-corrected chi connectivity index (χ2v) is 6.48. The van der Waals surface area contributed by atoms with E-state index in [9.17, 15) is 8.42 Å². The van der Waals surface area contributed by atoms with Gasteiger partial charge in [-0.1, -0.05) is 6.92 Å². The lowest BCUT2D eigenvalue weighted by Crippen LogP contribution is -2.36. The van der Waals surface area contributed by atoms with Crippen LogP contribution in [0.25, 0.3) is 0 Å². The van der Waals surface area contributed by atoms with Gasteiger partial charge in [-0.3, -0.25) is 0 Å². The molecule has 0 aliphatic carbocycles. The number of ether oxygens (including phenoxy) is 1. The number of nitrogens with one attached hydrogen (secondary N) is 1. The smallest absolute Gasteiger partial charge is 0.240 e. The van der Waals surface area contributed by atoms with Crippen LogP contribution in [-0.2, 0) is 10.0 Å². The lowest BCUT2D eigenvalue weighted by Gasteiger charge is -2.16. The highest BCUT2D eigenvalue weighted by Crippen LogP contribution is 2.16. The molecule has 6 heteroatoms. The van der Waals surface area contributed by atoms with E-state index in [1.54, 1.807) is 43.1 Å². The van der Waals surface area contributed by atoms with Crippen molar-refractivity contribution in [3.05, 3.63) is 24.3 Å². The van der Waals surface area contributed by atoms with Gasteiger partial charge in [-0.05, 0) is 36.9 Å². The van der Waals surface area contributed by atoms with Crippen molar-refractivity contribution in [3.8, 4) is 5.75 Å². The van der Waals surface area contributed by atoms with Gasteiger partial charge in [0.25, 0.3) is 0 Å². The highest BCUT2D eigenvalue weighted by atomic mass is 32.2. The van der Waals surface area contributed by atoms with Gasteiger partial charge in [0.05, 0.1) is 12.0 Å². The van der Waals surface area contributed by atoms with Crippen LogP contribution < -0.4 is 9.46 Å². The SMILES string of the molecule is CCC(CSC)NS(=O)(=O)c1ccc(OC)cc1. The molecule has 0 bridgehead atoms. The zero-order valence-electron chi connectivity index (χ0n) is 10.8. The predicted molar refractivity (Wildman–Crippen MR) is 75.8 cm³/mol. The van der Waals surface area contributed by atoms with Gasteiger partial charge < -0.3 is 4.74 Å². The zero-order chi connectivity index (χ0) is 13.6. The van der Waals surface area contributed by atoms with Crippen molar-refractivity contribution in [2.24, 2.45) is 0 Å². The molecule has 1 aromatic carbocycles. The zero-order valence-corrected chi connectivity index (χ0v) is 12.5. The van der Waals surface area contributed by atoms with Crippen LogP contribution in [0, 0.1) is 0 Å². The molecular formula is C12H19NO3S2. The van der Waals surface area contributed by atoms with Crippen LogP contribution in [0.4, 0.5) is 0 Å². The Labute approximate surface area is 113 Å². The molecule has 0 saturated carbocycles. The van der Waals surface area contributed by atoms with E-state index in [4.69, 9.17) is 4.74 Å². The fourth-order valence-corrected chi connectivity index (χ4v) is 3.62. The summed E-state index contributed by atoms with van der Waals surface area (Å²) in [5.74, 6) is 1.41. The molecule has 18 heavy (non-hydrogen) atoms. The fourth-order valence-electron chi connectivity index (χ4n) is 1.48. The number of rotatable bonds is 7. The van der Waals surface area contributed by atoms with E-state index in [0.29, 0.717) is 5.75 Å². The van der Waals surface area contributed by atoms with Crippen molar-refractivity contribution in [2.45, 2.75) is 24.3 Å². The number of methoxy groups -OCH3 is 1. The summed E-state index contributed by atoms with van der Waals surface area (Å²) >= 11 is 1.63. The molecule has 0 spiro atoms. The quantitative estimate of drug-likeness (QED) is 0.835. The first-order valence-electron chi connectivity index (χ1n) is 5.68. The average molecular weight is 289 g/mol. The van der Waals surface area contributed by atoms with Crippen molar-refractivity contribution in [1.82, 2.24) is 4.72 Å². The fraction of sp³-hybridized carbons (Fsp3) is 0.500. The number of hydrogen-bond donors (Lipinski definition) is 1.